The second-order valence-corrected chi connectivity index (χ2v) is 4.74. The Labute approximate surface area is 84.1 Å². The van der Waals surface area contributed by atoms with Gasteiger partial charge in [0.15, 0.2) is 0 Å². The summed E-state index contributed by atoms with van der Waals surface area (Å²) in [6.45, 7) is 4.62. The molecule has 0 aromatic rings. The summed E-state index contributed by atoms with van der Waals surface area (Å²) < 4.78 is 0. The molecular weight excluding hydrogens is 156 g/mol. The van der Waals surface area contributed by atoms with Crippen LogP contribution in [0.25, 0.3) is 0 Å². The summed E-state index contributed by atoms with van der Waals surface area (Å²) in [7, 11) is 0. The van der Waals surface area contributed by atoms with Gasteiger partial charge in [0.2, 0.25) is 0 Å². The van der Waals surface area contributed by atoms with E-state index in [0.29, 0.717) is 0 Å². The Hall–Kier alpha value is 0. The lowest BCUT2D eigenvalue weighted by atomic mass is 9.69. The Morgan fingerprint density at radius 1 is 0.769 bits per heavy atom. The van der Waals surface area contributed by atoms with E-state index in [9.17, 15) is 0 Å². The van der Waals surface area contributed by atoms with Crippen LogP contribution >= 0.6 is 0 Å². The minimum Gasteiger partial charge on any atom is -0.0654 e. The van der Waals surface area contributed by atoms with Crippen molar-refractivity contribution < 1.29 is 0 Å². The number of rotatable bonds is 7. The van der Waals surface area contributed by atoms with E-state index >= 15 is 0 Å². The van der Waals surface area contributed by atoms with Crippen molar-refractivity contribution in [2.45, 2.75) is 71.6 Å². The zero-order valence-corrected chi connectivity index (χ0v) is 9.52. The van der Waals surface area contributed by atoms with E-state index in [1.54, 1.807) is 0 Å². The highest BCUT2D eigenvalue weighted by molar-refractivity contribution is 4.80. The zero-order valence-electron chi connectivity index (χ0n) is 9.52. The summed E-state index contributed by atoms with van der Waals surface area (Å²) >= 11 is 0. The standard InChI is InChI=1S/C13H26/c1-3-5-6-7-9-13-11-10-12(13)8-4-2/h12-13H,3-11H2,1-2H3. The van der Waals surface area contributed by atoms with Crippen molar-refractivity contribution in [2.24, 2.45) is 11.8 Å². The molecule has 0 aromatic carbocycles. The predicted molar refractivity (Wildman–Crippen MR) is 59.9 cm³/mol. The van der Waals surface area contributed by atoms with Crippen molar-refractivity contribution in [3.05, 3.63) is 0 Å². The molecule has 13 heavy (non-hydrogen) atoms. The van der Waals surface area contributed by atoms with Gasteiger partial charge in [0.25, 0.3) is 0 Å². The molecule has 0 aromatic heterocycles. The summed E-state index contributed by atoms with van der Waals surface area (Å²) in [5, 5.41) is 0. The molecular formula is C13H26. The molecule has 78 valence electrons. The molecule has 0 aliphatic heterocycles. The van der Waals surface area contributed by atoms with E-state index in [0.717, 1.165) is 11.8 Å². The van der Waals surface area contributed by atoms with Crippen LogP contribution in [0.3, 0.4) is 0 Å². The smallest absolute Gasteiger partial charge is 0.0386 e. The van der Waals surface area contributed by atoms with Crippen molar-refractivity contribution in [3.8, 4) is 0 Å². The number of unbranched alkanes of at least 4 members (excludes halogenated alkanes) is 3. The molecule has 0 bridgehead atoms. The summed E-state index contributed by atoms with van der Waals surface area (Å²) in [5.41, 5.74) is 0. The van der Waals surface area contributed by atoms with Gasteiger partial charge in [-0.2, -0.15) is 0 Å². The van der Waals surface area contributed by atoms with E-state index in [1.165, 1.54) is 57.8 Å². The SMILES string of the molecule is CCCCCCC1CCC1CCC. The number of hydrogen-bond acceptors (Lipinski definition) is 0. The topological polar surface area (TPSA) is 0 Å². The molecule has 0 N–H and O–H groups in total. The average Bonchev–Trinajstić information content (AvgIpc) is 2.12. The number of hydrogen-bond donors (Lipinski definition) is 0. The molecule has 0 radical (unpaired) electrons. The van der Waals surface area contributed by atoms with Crippen molar-refractivity contribution >= 4 is 0 Å². The summed E-state index contributed by atoms with van der Waals surface area (Å²) in [6, 6.07) is 0. The Kier molecular flexibility index (Phi) is 5.50. The van der Waals surface area contributed by atoms with E-state index < -0.39 is 0 Å². The van der Waals surface area contributed by atoms with Crippen LogP contribution in [0.1, 0.15) is 71.6 Å². The maximum absolute atomic E-state index is 2.33. The molecule has 0 spiro atoms. The van der Waals surface area contributed by atoms with Gasteiger partial charge in [0, 0.05) is 0 Å². The normalized spacial score (nSPS) is 27.2. The van der Waals surface area contributed by atoms with Gasteiger partial charge < -0.3 is 0 Å². The van der Waals surface area contributed by atoms with Crippen LogP contribution in [0.4, 0.5) is 0 Å². The van der Waals surface area contributed by atoms with Gasteiger partial charge in [-0.25, -0.2) is 0 Å². The minimum absolute atomic E-state index is 1.12. The van der Waals surface area contributed by atoms with Gasteiger partial charge in [-0.3, -0.25) is 0 Å². The third-order valence-corrected chi connectivity index (χ3v) is 3.66. The Bertz CT molecular complexity index is 117. The Balaban J connectivity index is 1.95. The molecule has 1 rings (SSSR count). The van der Waals surface area contributed by atoms with Crippen LogP contribution in [0.5, 0.6) is 0 Å². The Morgan fingerprint density at radius 2 is 1.46 bits per heavy atom. The Morgan fingerprint density at radius 3 is 2.00 bits per heavy atom. The van der Waals surface area contributed by atoms with Gasteiger partial charge in [-0.15, -0.1) is 0 Å². The average molecular weight is 182 g/mol. The fourth-order valence-electron chi connectivity index (χ4n) is 2.60. The molecule has 0 amide bonds. The summed E-state index contributed by atoms with van der Waals surface area (Å²) in [4.78, 5) is 0. The lowest BCUT2D eigenvalue weighted by Crippen LogP contribution is -2.25. The van der Waals surface area contributed by atoms with Crippen LogP contribution in [-0.4, -0.2) is 0 Å². The third-order valence-electron chi connectivity index (χ3n) is 3.66. The quantitative estimate of drug-likeness (QED) is 0.497. The predicted octanol–water partition coefficient (Wildman–Crippen LogP) is 4.78. The van der Waals surface area contributed by atoms with Gasteiger partial charge in [-0.1, -0.05) is 58.8 Å². The van der Waals surface area contributed by atoms with Crippen LogP contribution in [0.2, 0.25) is 0 Å². The first kappa shape index (κ1) is 11.1. The molecule has 0 nitrogen and oxygen atoms in total. The fourth-order valence-corrected chi connectivity index (χ4v) is 2.60. The van der Waals surface area contributed by atoms with Crippen LogP contribution in [-0.2, 0) is 0 Å². The maximum atomic E-state index is 2.33. The molecule has 1 fully saturated rings. The first-order chi connectivity index (χ1) is 6.38. The van der Waals surface area contributed by atoms with Crippen LogP contribution in [0.15, 0.2) is 0 Å². The van der Waals surface area contributed by atoms with E-state index in [-0.39, 0.29) is 0 Å². The lowest BCUT2D eigenvalue weighted by Gasteiger charge is -2.36. The molecule has 0 heteroatoms. The summed E-state index contributed by atoms with van der Waals surface area (Å²) in [6.07, 6.45) is 13.3. The van der Waals surface area contributed by atoms with Crippen molar-refractivity contribution in [1.82, 2.24) is 0 Å². The largest absolute Gasteiger partial charge is 0.0654 e. The third kappa shape index (κ3) is 3.70. The highest BCUT2D eigenvalue weighted by Gasteiger charge is 2.28. The first-order valence-corrected chi connectivity index (χ1v) is 6.38. The van der Waals surface area contributed by atoms with Gasteiger partial charge >= 0.3 is 0 Å². The highest BCUT2D eigenvalue weighted by Crippen LogP contribution is 2.40. The van der Waals surface area contributed by atoms with E-state index in [1.807, 2.05) is 0 Å². The van der Waals surface area contributed by atoms with Gasteiger partial charge in [0.1, 0.15) is 0 Å². The molecule has 1 saturated carbocycles. The van der Waals surface area contributed by atoms with Crippen molar-refractivity contribution in [2.75, 3.05) is 0 Å². The second-order valence-electron chi connectivity index (χ2n) is 4.74. The minimum atomic E-state index is 1.12. The summed E-state index contributed by atoms with van der Waals surface area (Å²) in [5.74, 6) is 2.24. The van der Waals surface area contributed by atoms with Crippen LogP contribution < -0.4 is 0 Å². The van der Waals surface area contributed by atoms with Gasteiger partial charge in [-0.05, 0) is 24.7 Å². The molecule has 2 unspecified atom stereocenters. The van der Waals surface area contributed by atoms with Gasteiger partial charge in [0.05, 0.1) is 0 Å². The molecule has 0 saturated heterocycles. The first-order valence-electron chi connectivity index (χ1n) is 6.38. The second kappa shape index (κ2) is 6.45. The van der Waals surface area contributed by atoms with E-state index in [4.69, 9.17) is 0 Å². The molecule has 2 atom stereocenters. The monoisotopic (exact) mass is 182 g/mol. The molecule has 0 heterocycles. The highest BCUT2D eigenvalue weighted by atomic mass is 14.3. The lowest BCUT2D eigenvalue weighted by molar-refractivity contribution is 0.148. The van der Waals surface area contributed by atoms with Crippen LogP contribution in [0, 0.1) is 11.8 Å². The zero-order chi connectivity index (χ0) is 9.52. The molecule has 1 aliphatic rings. The fraction of sp³-hybridized carbons (Fsp3) is 1.00. The molecule has 1 aliphatic carbocycles. The maximum Gasteiger partial charge on any atom is -0.0386 e. The van der Waals surface area contributed by atoms with Crippen molar-refractivity contribution in [3.63, 3.8) is 0 Å². The van der Waals surface area contributed by atoms with E-state index in [2.05, 4.69) is 13.8 Å². The van der Waals surface area contributed by atoms with Crippen molar-refractivity contribution in [1.29, 1.82) is 0 Å².